The van der Waals surface area contributed by atoms with E-state index < -0.39 is 5.60 Å². The molecule has 1 rings (SSSR count). The van der Waals surface area contributed by atoms with Gasteiger partial charge in [-0.25, -0.2) is 0 Å². The maximum absolute atomic E-state index is 9.61. The van der Waals surface area contributed by atoms with Crippen molar-refractivity contribution in [3.63, 3.8) is 0 Å². The van der Waals surface area contributed by atoms with E-state index >= 15 is 0 Å². The predicted molar refractivity (Wildman–Crippen MR) is 43.5 cm³/mol. The van der Waals surface area contributed by atoms with Crippen molar-refractivity contribution >= 4 is 0 Å². The Morgan fingerprint density at radius 3 is 2.73 bits per heavy atom. The highest BCUT2D eigenvalue weighted by molar-refractivity contribution is 4.89. The molecule has 1 aliphatic carbocycles. The third-order valence-corrected chi connectivity index (χ3v) is 2.22. The van der Waals surface area contributed by atoms with Gasteiger partial charge in [0.05, 0.1) is 12.2 Å². The number of hydrogen-bond acceptors (Lipinski definition) is 3. The summed E-state index contributed by atoms with van der Waals surface area (Å²) in [7, 11) is 1.68. The lowest BCUT2D eigenvalue weighted by atomic mass is 9.80. The standard InChI is InChI=1S/C8H17NO2/c1-11-6-5-9-7-8(10)3-2-4-8/h9-10H,2-7H2,1H3. The van der Waals surface area contributed by atoms with Gasteiger partial charge in [-0.3, -0.25) is 0 Å². The minimum absolute atomic E-state index is 0.395. The normalized spacial score (nSPS) is 21.3. The topological polar surface area (TPSA) is 41.5 Å². The van der Waals surface area contributed by atoms with Gasteiger partial charge in [-0.1, -0.05) is 0 Å². The fourth-order valence-electron chi connectivity index (χ4n) is 1.26. The monoisotopic (exact) mass is 159 g/mol. The molecule has 11 heavy (non-hydrogen) atoms. The Balaban J connectivity index is 1.94. The molecular formula is C8H17NO2. The van der Waals surface area contributed by atoms with Crippen LogP contribution in [0.1, 0.15) is 19.3 Å². The first-order valence-electron chi connectivity index (χ1n) is 4.19. The molecule has 1 fully saturated rings. The summed E-state index contributed by atoms with van der Waals surface area (Å²) in [6.07, 6.45) is 3.07. The van der Waals surface area contributed by atoms with Crippen molar-refractivity contribution in [3.05, 3.63) is 0 Å². The highest BCUT2D eigenvalue weighted by Crippen LogP contribution is 2.30. The Morgan fingerprint density at radius 2 is 2.27 bits per heavy atom. The molecule has 0 aromatic carbocycles. The molecule has 0 aliphatic heterocycles. The van der Waals surface area contributed by atoms with E-state index in [9.17, 15) is 5.11 Å². The number of hydrogen-bond donors (Lipinski definition) is 2. The fourth-order valence-corrected chi connectivity index (χ4v) is 1.26. The van der Waals surface area contributed by atoms with Gasteiger partial charge in [-0.05, 0) is 19.3 Å². The van der Waals surface area contributed by atoms with Crippen LogP contribution in [0.3, 0.4) is 0 Å². The first kappa shape index (κ1) is 8.97. The second-order valence-corrected chi connectivity index (χ2v) is 3.25. The molecule has 0 bridgehead atoms. The van der Waals surface area contributed by atoms with Crippen LogP contribution in [0.4, 0.5) is 0 Å². The van der Waals surface area contributed by atoms with Gasteiger partial charge in [0, 0.05) is 20.2 Å². The van der Waals surface area contributed by atoms with Gasteiger partial charge in [-0.15, -0.1) is 0 Å². The molecule has 0 unspecified atom stereocenters. The molecule has 1 aliphatic rings. The largest absolute Gasteiger partial charge is 0.389 e. The summed E-state index contributed by atoms with van der Waals surface area (Å²) >= 11 is 0. The summed E-state index contributed by atoms with van der Waals surface area (Å²) in [5.41, 5.74) is -0.395. The van der Waals surface area contributed by atoms with Crippen LogP contribution in [0.2, 0.25) is 0 Å². The van der Waals surface area contributed by atoms with Crippen LogP contribution in [0.5, 0.6) is 0 Å². The summed E-state index contributed by atoms with van der Waals surface area (Å²) in [6, 6.07) is 0. The van der Waals surface area contributed by atoms with Gasteiger partial charge >= 0.3 is 0 Å². The van der Waals surface area contributed by atoms with Gasteiger partial charge in [0.25, 0.3) is 0 Å². The number of rotatable bonds is 5. The average molecular weight is 159 g/mol. The van der Waals surface area contributed by atoms with Crippen molar-refractivity contribution in [2.45, 2.75) is 24.9 Å². The third kappa shape index (κ3) is 2.77. The molecule has 0 atom stereocenters. The van der Waals surface area contributed by atoms with E-state index in [0.29, 0.717) is 0 Å². The van der Waals surface area contributed by atoms with Gasteiger partial charge in [0.15, 0.2) is 0 Å². The zero-order chi connectivity index (χ0) is 8.16. The Labute approximate surface area is 67.7 Å². The SMILES string of the molecule is COCCNCC1(O)CCC1. The third-order valence-electron chi connectivity index (χ3n) is 2.22. The van der Waals surface area contributed by atoms with Crippen LogP contribution >= 0.6 is 0 Å². The molecule has 0 spiro atoms. The fraction of sp³-hybridized carbons (Fsp3) is 1.00. The first-order valence-corrected chi connectivity index (χ1v) is 4.19. The summed E-state index contributed by atoms with van der Waals surface area (Å²) in [5.74, 6) is 0. The summed E-state index contributed by atoms with van der Waals surface area (Å²) in [4.78, 5) is 0. The molecule has 1 saturated carbocycles. The van der Waals surface area contributed by atoms with Gasteiger partial charge < -0.3 is 15.2 Å². The predicted octanol–water partition coefficient (Wildman–Crippen LogP) is 0.137. The van der Waals surface area contributed by atoms with E-state index in [1.54, 1.807) is 7.11 Å². The minimum atomic E-state index is -0.395. The van der Waals surface area contributed by atoms with Crippen LogP contribution < -0.4 is 5.32 Å². The molecule has 3 heteroatoms. The van der Waals surface area contributed by atoms with Gasteiger partial charge in [-0.2, -0.15) is 0 Å². The van der Waals surface area contributed by atoms with Crippen molar-refractivity contribution in [3.8, 4) is 0 Å². The van der Waals surface area contributed by atoms with Crippen molar-refractivity contribution < 1.29 is 9.84 Å². The minimum Gasteiger partial charge on any atom is -0.389 e. The maximum Gasteiger partial charge on any atom is 0.0771 e. The zero-order valence-corrected chi connectivity index (χ0v) is 7.10. The van der Waals surface area contributed by atoms with Crippen molar-refractivity contribution in [2.75, 3.05) is 26.8 Å². The van der Waals surface area contributed by atoms with Crippen molar-refractivity contribution in [1.82, 2.24) is 5.32 Å². The molecule has 0 radical (unpaired) electrons. The summed E-state index contributed by atoms with van der Waals surface area (Å²) in [6.45, 7) is 2.27. The molecule has 0 amide bonds. The smallest absolute Gasteiger partial charge is 0.0771 e. The molecule has 66 valence electrons. The highest BCUT2D eigenvalue weighted by Gasteiger charge is 2.33. The maximum atomic E-state index is 9.61. The number of methoxy groups -OCH3 is 1. The van der Waals surface area contributed by atoms with Crippen LogP contribution in [-0.2, 0) is 4.74 Å². The van der Waals surface area contributed by atoms with Crippen LogP contribution in [0.15, 0.2) is 0 Å². The summed E-state index contributed by atoms with van der Waals surface area (Å²) < 4.78 is 4.86. The average Bonchev–Trinajstić information content (AvgIpc) is 1.95. The molecule has 0 saturated heterocycles. The lowest BCUT2D eigenvalue weighted by Crippen LogP contribution is -2.46. The van der Waals surface area contributed by atoms with Gasteiger partial charge in [0.2, 0.25) is 0 Å². The van der Waals surface area contributed by atoms with Crippen LogP contribution in [0, 0.1) is 0 Å². The molecule has 0 heterocycles. The Bertz CT molecular complexity index is 113. The quantitative estimate of drug-likeness (QED) is 0.561. The Hall–Kier alpha value is -0.120. The Morgan fingerprint density at radius 1 is 1.55 bits per heavy atom. The number of ether oxygens (including phenoxy) is 1. The highest BCUT2D eigenvalue weighted by atomic mass is 16.5. The van der Waals surface area contributed by atoms with E-state index in [1.807, 2.05) is 0 Å². The van der Waals surface area contributed by atoms with Crippen LogP contribution in [0.25, 0.3) is 0 Å². The lowest BCUT2D eigenvalue weighted by molar-refractivity contribution is -0.0318. The second-order valence-electron chi connectivity index (χ2n) is 3.25. The lowest BCUT2D eigenvalue weighted by Gasteiger charge is -2.36. The molecule has 3 nitrogen and oxygen atoms in total. The number of aliphatic hydroxyl groups is 1. The number of nitrogens with one attached hydrogen (secondary N) is 1. The van der Waals surface area contributed by atoms with E-state index in [0.717, 1.165) is 32.5 Å². The summed E-state index contributed by atoms with van der Waals surface area (Å²) in [5, 5.41) is 12.8. The molecule has 0 aromatic heterocycles. The van der Waals surface area contributed by atoms with Crippen molar-refractivity contribution in [1.29, 1.82) is 0 Å². The molecule has 0 aromatic rings. The van der Waals surface area contributed by atoms with E-state index in [2.05, 4.69) is 5.32 Å². The molecular weight excluding hydrogens is 142 g/mol. The zero-order valence-electron chi connectivity index (χ0n) is 7.10. The second kappa shape index (κ2) is 4.04. The van der Waals surface area contributed by atoms with E-state index in [1.165, 1.54) is 6.42 Å². The van der Waals surface area contributed by atoms with E-state index in [-0.39, 0.29) is 0 Å². The van der Waals surface area contributed by atoms with Crippen molar-refractivity contribution in [2.24, 2.45) is 0 Å². The Kier molecular flexibility index (Phi) is 3.30. The van der Waals surface area contributed by atoms with Gasteiger partial charge in [0.1, 0.15) is 0 Å². The van der Waals surface area contributed by atoms with Crippen LogP contribution in [-0.4, -0.2) is 37.5 Å². The van der Waals surface area contributed by atoms with E-state index in [4.69, 9.17) is 4.74 Å². The molecule has 2 N–H and O–H groups in total. The first-order chi connectivity index (χ1) is 5.27.